The van der Waals surface area contributed by atoms with Crippen LogP contribution in [0.2, 0.25) is 0 Å². The summed E-state index contributed by atoms with van der Waals surface area (Å²) in [7, 11) is -6.05. The van der Waals surface area contributed by atoms with Crippen LogP contribution in [0.1, 0.15) is 71.8 Å². The topological polar surface area (TPSA) is 141 Å². The normalized spacial score (nSPS) is 16.0. The minimum absolute atomic E-state index is 0.000261. The molecule has 1 aromatic carbocycles. The third-order valence-electron chi connectivity index (χ3n) is 6.64. The second-order valence-corrected chi connectivity index (χ2v) is 13.9. The molecule has 1 aliphatic heterocycles. The molecule has 2 unspecified atom stereocenters. The summed E-state index contributed by atoms with van der Waals surface area (Å²) >= 11 is 1.30. The highest BCUT2D eigenvalue weighted by Gasteiger charge is 2.29. The van der Waals surface area contributed by atoms with Crippen molar-refractivity contribution in [1.82, 2.24) is 19.7 Å². The van der Waals surface area contributed by atoms with Gasteiger partial charge in [0.2, 0.25) is 5.91 Å². The van der Waals surface area contributed by atoms with E-state index < -0.39 is 63.4 Å². The van der Waals surface area contributed by atoms with Gasteiger partial charge in [0.25, 0.3) is 12.9 Å². The van der Waals surface area contributed by atoms with E-state index in [0.717, 1.165) is 6.26 Å². The number of carbonyl (C=O) groups excluding carboxylic acids is 2. The van der Waals surface area contributed by atoms with Crippen LogP contribution in [0.5, 0.6) is 5.75 Å². The number of benzene rings is 1. The molecule has 1 saturated heterocycles. The average Bonchev–Trinajstić information content (AvgIpc) is 3.61. The van der Waals surface area contributed by atoms with Crippen molar-refractivity contribution in [3.05, 3.63) is 57.8 Å². The van der Waals surface area contributed by atoms with E-state index in [2.05, 4.69) is 14.4 Å². The van der Waals surface area contributed by atoms with Gasteiger partial charge in [0.05, 0.1) is 27.9 Å². The molecule has 11 nitrogen and oxygen atoms in total. The standard InChI is InChI=1S/C26H29F4N5O6S3/c1-15(33-43(38)18-5-3-4-17(11-18)41-44(2,39)40)10-22(36)20-14-42-26(31-20)16-6-8-34(9-7-16)23(37)13-35-21(25(29)30)12-19(32-35)24(27)28/h3-5,11-12,14-16,24-25,43H,6-10,13H2,1-2H3. The highest BCUT2D eigenvalue weighted by Crippen LogP contribution is 2.31. The van der Waals surface area contributed by atoms with Gasteiger partial charge >= 0.3 is 10.1 Å². The molecular weight excluding hydrogens is 651 g/mol. The number of aromatic nitrogens is 3. The number of thiol groups is 1. The molecule has 1 amide bonds. The Balaban J connectivity index is 1.31. The minimum Gasteiger partial charge on any atom is -0.383 e. The van der Waals surface area contributed by atoms with Crippen LogP contribution in [0.4, 0.5) is 17.6 Å². The lowest BCUT2D eigenvalue weighted by atomic mass is 9.97. The molecule has 240 valence electrons. The zero-order chi connectivity index (χ0) is 32.2. The Labute approximate surface area is 256 Å². The molecule has 0 spiro atoms. The summed E-state index contributed by atoms with van der Waals surface area (Å²) in [5.74, 6) is -0.865. The Hall–Kier alpha value is -3.38. The molecule has 0 N–H and O–H groups in total. The summed E-state index contributed by atoms with van der Waals surface area (Å²) in [6, 6.07) is 5.69. The van der Waals surface area contributed by atoms with Crippen LogP contribution in [0, 0.1) is 0 Å². The molecule has 1 aliphatic rings. The number of hydrogen-bond donors (Lipinski definition) is 1. The highest BCUT2D eigenvalue weighted by molar-refractivity contribution is 7.86. The molecule has 3 heterocycles. The van der Waals surface area contributed by atoms with E-state index in [1.165, 1.54) is 40.5 Å². The molecule has 2 aromatic heterocycles. The molecule has 2 atom stereocenters. The van der Waals surface area contributed by atoms with Crippen molar-refractivity contribution in [3.8, 4) is 5.75 Å². The number of halogens is 4. The van der Waals surface area contributed by atoms with Gasteiger partial charge in [-0.05, 0) is 44.0 Å². The van der Waals surface area contributed by atoms with Crippen LogP contribution in [0.25, 0.3) is 0 Å². The number of rotatable bonds is 12. The third kappa shape index (κ3) is 8.84. The van der Waals surface area contributed by atoms with Gasteiger partial charge < -0.3 is 9.08 Å². The van der Waals surface area contributed by atoms with Gasteiger partial charge in [-0.2, -0.15) is 13.5 Å². The van der Waals surface area contributed by atoms with Crippen LogP contribution in [0.15, 0.2) is 45.0 Å². The van der Waals surface area contributed by atoms with Crippen molar-refractivity contribution in [2.75, 3.05) is 19.3 Å². The van der Waals surface area contributed by atoms with Crippen molar-refractivity contribution in [3.63, 3.8) is 0 Å². The van der Waals surface area contributed by atoms with Gasteiger partial charge in [-0.1, -0.05) is 6.07 Å². The van der Waals surface area contributed by atoms with E-state index in [1.54, 1.807) is 12.3 Å². The zero-order valence-corrected chi connectivity index (χ0v) is 26.0. The van der Waals surface area contributed by atoms with Crippen LogP contribution in [-0.2, 0) is 32.1 Å². The van der Waals surface area contributed by atoms with Crippen LogP contribution in [0.3, 0.4) is 0 Å². The number of Topliss-reactive ketones (excluding diaryl/α,β-unsaturated/α-hetero) is 1. The fourth-order valence-corrected chi connectivity index (χ4v) is 7.03. The van der Waals surface area contributed by atoms with Gasteiger partial charge in [-0.25, -0.2) is 31.1 Å². The number of carbonyl (C=O) groups is 2. The Morgan fingerprint density at radius 2 is 1.86 bits per heavy atom. The van der Waals surface area contributed by atoms with E-state index in [0.29, 0.717) is 41.7 Å². The number of alkyl halides is 4. The summed E-state index contributed by atoms with van der Waals surface area (Å²) in [6.07, 6.45) is -4.26. The molecule has 0 saturated carbocycles. The summed E-state index contributed by atoms with van der Waals surface area (Å²) in [5.41, 5.74) is -1.33. The predicted molar refractivity (Wildman–Crippen MR) is 153 cm³/mol. The SMILES string of the molecule is CC(CC(=O)c1csc(C2CCN(C(=O)Cn3nc(C(F)F)cc3C(F)F)CC2)n1)/N=[SH](=O)/c1cccc(OS(C)(=O)=O)c1. The summed E-state index contributed by atoms with van der Waals surface area (Å²) in [4.78, 5) is 31.7. The van der Waals surface area contributed by atoms with Crippen LogP contribution >= 0.6 is 11.3 Å². The zero-order valence-electron chi connectivity index (χ0n) is 23.5. The maximum atomic E-state index is 13.2. The van der Waals surface area contributed by atoms with Crippen molar-refractivity contribution in [1.29, 1.82) is 0 Å². The first-order valence-electron chi connectivity index (χ1n) is 13.3. The van der Waals surface area contributed by atoms with Crippen LogP contribution in [-0.4, -0.2) is 69.4 Å². The fraction of sp³-hybridized carbons (Fsp3) is 0.462. The van der Waals surface area contributed by atoms with Crippen LogP contribution < -0.4 is 4.18 Å². The summed E-state index contributed by atoms with van der Waals surface area (Å²) < 4.78 is 97.3. The minimum atomic E-state index is -3.76. The first-order valence-corrected chi connectivity index (χ1v) is 17.2. The van der Waals surface area contributed by atoms with Crippen molar-refractivity contribution in [2.45, 2.75) is 62.4 Å². The molecule has 0 radical (unpaired) electrons. The van der Waals surface area contributed by atoms with E-state index in [1.807, 2.05) is 0 Å². The monoisotopic (exact) mass is 679 g/mol. The average molecular weight is 680 g/mol. The fourth-order valence-electron chi connectivity index (χ4n) is 4.56. The van der Waals surface area contributed by atoms with E-state index >= 15 is 0 Å². The van der Waals surface area contributed by atoms with Gasteiger partial charge in [0, 0.05) is 35.7 Å². The quantitative estimate of drug-likeness (QED) is 0.126. The lowest BCUT2D eigenvalue weighted by molar-refractivity contribution is -0.133. The van der Waals surface area contributed by atoms with Gasteiger partial charge in [-0.15, -0.1) is 11.3 Å². The smallest absolute Gasteiger partial charge is 0.306 e. The molecule has 1 fully saturated rings. The number of amides is 1. The summed E-state index contributed by atoms with van der Waals surface area (Å²) in [6.45, 7) is 1.63. The Morgan fingerprint density at radius 3 is 2.50 bits per heavy atom. The number of ketones is 1. The lowest BCUT2D eigenvalue weighted by Crippen LogP contribution is -2.40. The maximum absolute atomic E-state index is 13.2. The van der Waals surface area contributed by atoms with E-state index in [9.17, 15) is 39.8 Å². The molecule has 0 aliphatic carbocycles. The third-order valence-corrected chi connectivity index (χ3v) is 9.46. The first kappa shape index (κ1) is 33.5. The molecule has 4 rings (SSSR count). The second-order valence-electron chi connectivity index (χ2n) is 10.1. The van der Waals surface area contributed by atoms with Gasteiger partial charge in [0.15, 0.2) is 5.78 Å². The van der Waals surface area contributed by atoms with E-state index in [4.69, 9.17) is 4.18 Å². The van der Waals surface area contributed by atoms with Crippen molar-refractivity contribution < 1.29 is 44.0 Å². The number of nitrogens with zero attached hydrogens (tertiary/aromatic N) is 5. The molecule has 18 heteroatoms. The van der Waals surface area contributed by atoms with Crippen molar-refractivity contribution >= 4 is 43.7 Å². The number of likely N-dealkylation sites (tertiary alicyclic amines) is 1. The first-order chi connectivity index (χ1) is 20.7. The Bertz CT molecular complexity index is 1700. The number of thiazole rings is 1. The molecule has 44 heavy (non-hydrogen) atoms. The molecule has 0 bridgehead atoms. The Kier molecular flexibility index (Phi) is 10.8. The number of piperidine rings is 1. The molecular formula is C26H29F4N5O6S3. The van der Waals surface area contributed by atoms with Gasteiger partial charge in [0.1, 0.15) is 29.4 Å². The van der Waals surface area contributed by atoms with Crippen molar-refractivity contribution in [2.24, 2.45) is 4.36 Å². The lowest BCUT2D eigenvalue weighted by Gasteiger charge is -2.31. The highest BCUT2D eigenvalue weighted by atomic mass is 32.2. The predicted octanol–water partition coefficient (Wildman–Crippen LogP) is 4.64. The molecule has 3 aromatic rings. The second kappa shape index (κ2) is 14.2. The van der Waals surface area contributed by atoms with E-state index in [-0.39, 0.29) is 34.5 Å². The number of hydrogen-bond acceptors (Lipinski definition) is 10. The summed E-state index contributed by atoms with van der Waals surface area (Å²) in [5, 5.41) is 5.79. The maximum Gasteiger partial charge on any atom is 0.306 e. The van der Waals surface area contributed by atoms with Gasteiger partial charge in [-0.3, -0.25) is 14.3 Å². The largest absolute Gasteiger partial charge is 0.383 e. The Morgan fingerprint density at radius 1 is 1.16 bits per heavy atom.